The van der Waals surface area contributed by atoms with Crippen molar-refractivity contribution in [3.05, 3.63) is 91.1 Å². The largest absolute Gasteiger partial charge is 0.369 e. The molecule has 3 aliphatic heterocycles. The highest BCUT2D eigenvalue weighted by molar-refractivity contribution is 6.01. The molecule has 0 saturated carbocycles. The molecule has 3 aliphatic rings. The van der Waals surface area contributed by atoms with Gasteiger partial charge in [0.15, 0.2) is 11.5 Å². The normalized spacial score (nSPS) is 19.8. The number of hydrogen-bond donors (Lipinski definition) is 2. The van der Waals surface area contributed by atoms with Crippen molar-refractivity contribution in [2.75, 3.05) is 62.6 Å². The molecular formula is C37H42N10O2. The number of rotatable bonds is 9. The van der Waals surface area contributed by atoms with Crippen LogP contribution in [0.3, 0.4) is 0 Å². The van der Waals surface area contributed by atoms with Crippen molar-refractivity contribution in [2.24, 2.45) is 0 Å². The lowest BCUT2D eigenvalue weighted by Crippen LogP contribution is -2.49. The Bertz CT molecular complexity index is 1900. The number of nitrogens with zero attached hydrogens (tertiary/aromatic N) is 8. The summed E-state index contributed by atoms with van der Waals surface area (Å²) >= 11 is 0. The molecule has 49 heavy (non-hydrogen) atoms. The second-order valence-electron chi connectivity index (χ2n) is 13.3. The molecule has 0 radical (unpaired) electrons. The first-order valence-corrected chi connectivity index (χ1v) is 17.4. The number of fused-ring (bicyclic) bond motifs is 1. The predicted octanol–water partition coefficient (Wildman–Crippen LogP) is 4.32. The number of aromatic nitrogens is 5. The van der Waals surface area contributed by atoms with Crippen LogP contribution in [0.15, 0.2) is 85.6 Å². The lowest BCUT2D eigenvalue weighted by molar-refractivity contribution is -0.134. The van der Waals surface area contributed by atoms with E-state index in [0.29, 0.717) is 24.7 Å². The molecule has 2 amide bonds. The highest BCUT2D eigenvalue weighted by Crippen LogP contribution is 2.29. The van der Waals surface area contributed by atoms with Crippen molar-refractivity contribution in [3.8, 4) is 11.3 Å². The molecule has 2 N–H and O–H groups in total. The van der Waals surface area contributed by atoms with Gasteiger partial charge in [-0.05, 0) is 37.0 Å². The summed E-state index contributed by atoms with van der Waals surface area (Å²) in [7, 11) is 0. The van der Waals surface area contributed by atoms with E-state index in [1.54, 1.807) is 6.20 Å². The number of imide groups is 1. The molecule has 0 aliphatic carbocycles. The number of likely N-dealkylation sites (tertiary alicyclic amines) is 1. The zero-order valence-corrected chi connectivity index (χ0v) is 27.6. The minimum Gasteiger partial charge on any atom is -0.369 e. The van der Waals surface area contributed by atoms with E-state index in [1.165, 1.54) is 5.69 Å². The van der Waals surface area contributed by atoms with Crippen LogP contribution in [0.1, 0.15) is 43.2 Å². The summed E-state index contributed by atoms with van der Waals surface area (Å²) in [4.78, 5) is 40.6. The summed E-state index contributed by atoms with van der Waals surface area (Å²) in [6.07, 6.45) is 12.8. The van der Waals surface area contributed by atoms with Crippen LogP contribution in [-0.4, -0.2) is 98.1 Å². The van der Waals surface area contributed by atoms with Crippen molar-refractivity contribution in [3.63, 3.8) is 0 Å². The van der Waals surface area contributed by atoms with E-state index in [4.69, 9.17) is 10.1 Å². The Hall–Kier alpha value is -5.07. The maximum atomic E-state index is 12.2. The summed E-state index contributed by atoms with van der Waals surface area (Å²) < 4.78 is 4.17. The molecule has 1 atom stereocenters. The van der Waals surface area contributed by atoms with Gasteiger partial charge in [0.05, 0.1) is 35.7 Å². The van der Waals surface area contributed by atoms with Gasteiger partial charge in [0.25, 0.3) is 0 Å². The second kappa shape index (κ2) is 13.8. The van der Waals surface area contributed by atoms with E-state index < -0.39 is 0 Å². The molecular weight excluding hydrogens is 616 g/mol. The molecule has 2 aromatic carbocycles. The lowest BCUT2D eigenvalue weighted by Gasteiger charge is -2.38. The number of imidazole rings is 1. The number of carbonyl (C=O) groups excluding carboxylic acids is 2. The molecule has 3 aromatic heterocycles. The Morgan fingerprint density at radius 3 is 2.33 bits per heavy atom. The Kier molecular flexibility index (Phi) is 8.80. The number of anilines is 3. The average molecular weight is 659 g/mol. The standard InChI is InChI=1S/C37H42N10O2/c48-34-11-10-32(37(49)42-34)27-6-8-30(9-7-27)45-22-20-44(21-23-45)19-18-43-15-12-31(13-16-43)47-26-29(24-40-47)41-35-36-38-14-17-46(36)33(25-39-35)28-4-2-1-3-5-28/h1-9,14,17,24-26,31-32H,10-13,15-16,18-23H2,(H,39,41)(H,42,48,49). The fourth-order valence-electron chi connectivity index (χ4n) is 7.42. The monoisotopic (exact) mass is 658 g/mol. The molecule has 6 heterocycles. The smallest absolute Gasteiger partial charge is 0.234 e. The maximum absolute atomic E-state index is 12.2. The molecule has 3 saturated heterocycles. The van der Waals surface area contributed by atoms with E-state index in [1.807, 2.05) is 48.9 Å². The van der Waals surface area contributed by atoms with Gasteiger partial charge in [0.2, 0.25) is 11.8 Å². The highest BCUT2D eigenvalue weighted by Gasteiger charge is 2.28. The van der Waals surface area contributed by atoms with Gasteiger partial charge >= 0.3 is 0 Å². The van der Waals surface area contributed by atoms with Crippen LogP contribution < -0.4 is 15.5 Å². The minimum atomic E-state index is -0.233. The molecule has 252 valence electrons. The van der Waals surface area contributed by atoms with E-state index in [-0.39, 0.29) is 17.7 Å². The third kappa shape index (κ3) is 6.79. The number of hydrogen-bond acceptors (Lipinski definition) is 9. The average Bonchev–Trinajstić information content (AvgIpc) is 3.83. The fraction of sp³-hybridized carbons (Fsp3) is 0.378. The Labute approximate surface area is 285 Å². The predicted molar refractivity (Wildman–Crippen MR) is 189 cm³/mol. The third-order valence-electron chi connectivity index (χ3n) is 10.3. The van der Waals surface area contributed by atoms with Gasteiger partial charge in [0.1, 0.15) is 0 Å². The van der Waals surface area contributed by atoms with Gasteiger partial charge in [-0.2, -0.15) is 5.10 Å². The quantitative estimate of drug-likeness (QED) is 0.224. The van der Waals surface area contributed by atoms with E-state index in [0.717, 1.165) is 93.4 Å². The Morgan fingerprint density at radius 1 is 0.816 bits per heavy atom. The van der Waals surface area contributed by atoms with Gasteiger partial charge in [0, 0.05) is 88.6 Å². The van der Waals surface area contributed by atoms with Gasteiger partial charge in [-0.1, -0.05) is 42.5 Å². The summed E-state index contributed by atoms with van der Waals surface area (Å²) in [6.45, 7) is 8.40. The zero-order valence-electron chi connectivity index (χ0n) is 27.6. The van der Waals surface area contributed by atoms with Crippen LogP contribution in [0.2, 0.25) is 0 Å². The number of nitrogens with one attached hydrogen (secondary N) is 2. The molecule has 12 heteroatoms. The first kappa shape index (κ1) is 31.2. The van der Waals surface area contributed by atoms with Crippen LogP contribution in [0.25, 0.3) is 16.9 Å². The van der Waals surface area contributed by atoms with E-state index >= 15 is 0 Å². The molecule has 3 fully saturated rings. The fourth-order valence-corrected chi connectivity index (χ4v) is 7.42. The van der Waals surface area contributed by atoms with Crippen molar-refractivity contribution in [1.82, 2.24) is 39.3 Å². The summed E-state index contributed by atoms with van der Waals surface area (Å²) in [6, 6.07) is 19.0. The number of piperidine rings is 2. The summed E-state index contributed by atoms with van der Waals surface area (Å²) in [5, 5.41) is 10.6. The second-order valence-corrected chi connectivity index (χ2v) is 13.3. The van der Waals surface area contributed by atoms with Gasteiger partial charge < -0.3 is 15.1 Å². The molecule has 0 bridgehead atoms. The Balaban J connectivity index is 0.785. The summed E-state index contributed by atoms with van der Waals surface area (Å²) in [5.74, 6) is 0.127. The first-order chi connectivity index (χ1) is 24.1. The number of piperazine rings is 1. The van der Waals surface area contributed by atoms with Crippen molar-refractivity contribution in [1.29, 1.82) is 0 Å². The molecule has 0 spiro atoms. The van der Waals surface area contributed by atoms with Crippen LogP contribution in [0, 0.1) is 0 Å². The molecule has 8 rings (SSSR count). The van der Waals surface area contributed by atoms with Crippen molar-refractivity contribution >= 4 is 34.7 Å². The van der Waals surface area contributed by atoms with E-state index in [2.05, 4.69) is 69.9 Å². The lowest BCUT2D eigenvalue weighted by atomic mass is 9.90. The van der Waals surface area contributed by atoms with Crippen LogP contribution in [0.4, 0.5) is 17.2 Å². The molecule has 5 aromatic rings. The van der Waals surface area contributed by atoms with Crippen LogP contribution in [-0.2, 0) is 9.59 Å². The number of benzene rings is 2. The van der Waals surface area contributed by atoms with Gasteiger partial charge in [-0.3, -0.25) is 28.9 Å². The summed E-state index contributed by atoms with van der Waals surface area (Å²) in [5.41, 5.74) is 5.97. The Morgan fingerprint density at radius 2 is 1.57 bits per heavy atom. The number of carbonyl (C=O) groups is 2. The highest BCUT2D eigenvalue weighted by atomic mass is 16.2. The topological polar surface area (TPSA) is 116 Å². The third-order valence-corrected chi connectivity index (χ3v) is 10.3. The SMILES string of the molecule is O=C1CCC(c2ccc(N3CCN(CCN4CCC(n5cc(Nc6ncc(-c7ccccc7)n7ccnc67)cn5)CC4)CC3)cc2)C(=O)N1. The minimum absolute atomic E-state index is 0.172. The zero-order chi connectivity index (χ0) is 33.2. The van der Waals surface area contributed by atoms with E-state index in [9.17, 15) is 9.59 Å². The van der Waals surface area contributed by atoms with Crippen molar-refractivity contribution in [2.45, 2.75) is 37.6 Å². The molecule has 12 nitrogen and oxygen atoms in total. The first-order valence-electron chi connectivity index (χ1n) is 17.4. The maximum Gasteiger partial charge on any atom is 0.234 e. The van der Waals surface area contributed by atoms with Crippen LogP contribution >= 0.6 is 0 Å². The van der Waals surface area contributed by atoms with Crippen LogP contribution in [0.5, 0.6) is 0 Å². The number of amides is 2. The van der Waals surface area contributed by atoms with Crippen molar-refractivity contribution < 1.29 is 9.59 Å². The van der Waals surface area contributed by atoms with Gasteiger partial charge in [-0.25, -0.2) is 9.97 Å². The molecule has 1 unspecified atom stereocenters. The van der Waals surface area contributed by atoms with Gasteiger partial charge in [-0.15, -0.1) is 0 Å².